The summed E-state index contributed by atoms with van der Waals surface area (Å²) in [5, 5.41) is 3.40. The summed E-state index contributed by atoms with van der Waals surface area (Å²) >= 11 is 0. The Kier molecular flexibility index (Phi) is 5.37. The van der Waals surface area contributed by atoms with Crippen molar-refractivity contribution in [2.24, 2.45) is 0 Å². The van der Waals surface area contributed by atoms with Crippen LogP contribution in [-0.4, -0.2) is 18.7 Å². The van der Waals surface area contributed by atoms with Crippen molar-refractivity contribution < 1.29 is 4.74 Å². The Morgan fingerprint density at radius 1 is 1.13 bits per heavy atom. The Morgan fingerprint density at radius 3 is 2.40 bits per heavy atom. The Labute approximate surface area is 92.6 Å². The van der Waals surface area contributed by atoms with Crippen molar-refractivity contribution >= 4 is 0 Å². The first-order valence-corrected chi connectivity index (χ1v) is 5.56. The van der Waals surface area contributed by atoms with Crippen LogP contribution in [-0.2, 0) is 11.3 Å². The average Bonchev–Trinajstić information content (AvgIpc) is 2.18. The third-order valence-corrected chi connectivity index (χ3v) is 2.10. The first-order chi connectivity index (χ1) is 7.18. The first-order valence-electron chi connectivity index (χ1n) is 5.56. The molecule has 1 N–H and O–H groups in total. The van der Waals surface area contributed by atoms with Crippen LogP contribution in [0, 0.1) is 0 Å². The molecule has 0 heterocycles. The highest BCUT2D eigenvalue weighted by Crippen LogP contribution is 2.00. The van der Waals surface area contributed by atoms with Crippen molar-refractivity contribution in [3.63, 3.8) is 0 Å². The quantitative estimate of drug-likeness (QED) is 0.774. The maximum absolute atomic E-state index is 5.62. The number of rotatable bonds is 6. The average molecular weight is 207 g/mol. The minimum Gasteiger partial charge on any atom is -0.375 e. The third-order valence-electron chi connectivity index (χ3n) is 2.10. The fourth-order valence-electron chi connectivity index (χ4n) is 1.54. The lowest BCUT2D eigenvalue weighted by molar-refractivity contribution is 0.101. The van der Waals surface area contributed by atoms with Crippen molar-refractivity contribution in [3.8, 4) is 0 Å². The normalized spacial score (nSPS) is 13.1. The van der Waals surface area contributed by atoms with Gasteiger partial charge < -0.3 is 10.1 Å². The van der Waals surface area contributed by atoms with Gasteiger partial charge in [-0.3, -0.25) is 0 Å². The molecule has 0 aliphatic rings. The van der Waals surface area contributed by atoms with E-state index < -0.39 is 0 Å². The van der Waals surface area contributed by atoms with E-state index in [-0.39, 0.29) is 0 Å². The topological polar surface area (TPSA) is 21.3 Å². The summed E-state index contributed by atoms with van der Waals surface area (Å²) in [5.41, 5.74) is 1.23. The fraction of sp³-hybridized carbons (Fsp3) is 0.538. The maximum Gasteiger partial charge on any atom is 0.0717 e. The number of nitrogens with one attached hydrogen (secondary N) is 1. The van der Waals surface area contributed by atoms with E-state index in [1.54, 1.807) is 0 Å². The highest BCUT2D eigenvalue weighted by Gasteiger charge is 2.02. The van der Waals surface area contributed by atoms with Gasteiger partial charge in [0.2, 0.25) is 0 Å². The van der Waals surface area contributed by atoms with Gasteiger partial charge in [0.25, 0.3) is 0 Å². The first kappa shape index (κ1) is 12.2. The van der Waals surface area contributed by atoms with Gasteiger partial charge in [-0.05, 0) is 12.5 Å². The molecule has 0 fully saturated rings. The highest BCUT2D eigenvalue weighted by molar-refractivity contribution is 5.13. The fourth-order valence-corrected chi connectivity index (χ4v) is 1.54. The summed E-state index contributed by atoms with van der Waals surface area (Å²) < 4.78 is 5.62. The second kappa shape index (κ2) is 6.59. The van der Waals surface area contributed by atoms with Gasteiger partial charge in [0.05, 0.1) is 13.2 Å². The zero-order chi connectivity index (χ0) is 11.1. The summed E-state index contributed by atoms with van der Waals surface area (Å²) in [6.45, 7) is 7.89. The number of hydrogen-bond donors (Lipinski definition) is 1. The molecule has 0 saturated carbocycles. The van der Waals surface area contributed by atoms with Crippen LogP contribution in [0.2, 0.25) is 0 Å². The predicted molar refractivity (Wildman–Crippen MR) is 63.8 cm³/mol. The lowest BCUT2D eigenvalue weighted by atomic mass is 10.2. The number of ether oxygens (including phenoxy) is 1. The minimum atomic E-state index is 0.411. The van der Waals surface area contributed by atoms with Crippen LogP contribution in [0.25, 0.3) is 0 Å². The lowest BCUT2D eigenvalue weighted by Crippen LogP contribution is -2.35. The van der Waals surface area contributed by atoms with Crippen LogP contribution in [0.3, 0.4) is 0 Å². The van der Waals surface area contributed by atoms with Crippen LogP contribution in [0.4, 0.5) is 0 Å². The van der Waals surface area contributed by atoms with Crippen molar-refractivity contribution in [2.75, 3.05) is 6.61 Å². The molecule has 1 aromatic carbocycles. The molecule has 2 nitrogen and oxygen atoms in total. The van der Waals surface area contributed by atoms with Crippen LogP contribution >= 0.6 is 0 Å². The molecule has 84 valence electrons. The van der Waals surface area contributed by atoms with Gasteiger partial charge in [0, 0.05) is 12.1 Å². The maximum atomic E-state index is 5.62. The van der Waals surface area contributed by atoms with Gasteiger partial charge in [0.1, 0.15) is 0 Å². The van der Waals surface area contributed by atoms with E-state index in [9.17, 15) is 0 Å². The molecular weight excluding hydrogens is 186 g/mol. The molecule has 0 aliphatic carbocycles. The smallest absolute Gasteiger partial charge is 0.0717 e. The van der Waals surface area contributed by atoms with E-state index in [2.05, 4.69) is 38.2 Å². The molecular formula is C13H21NO. The summed E-state index contributed by atoms with van der Waals surface area (Å²) in [6, 6.07) is 11.2. The second-order valence-corrected chi connectivity index (χ2v) is 4.22. The van der Waals surface area contributed by atoms with Crippen LogP contribution in [0.15, 0.2) is 30.3 Å². The monoisotopic (exact) mass is 207 g/mol. The standard InChI is InChI=1S/C13H21NO/c1-11(2)14-12(3)9-15-10-13-7-5-4-6-8-13/h4-8,11-12,14H,9-10H2,1-3H3/t12-/m1/s1. The summed E-state index contributed by atoms with van der Waals surface area (Å²) in [5.74, 6) is 0. The summed E-state index contributed by atoms with van der Waals surface area (Å²) in [6.07, 6.45) is 0. The molecule has 1 atom stereocenters. The van der Waals surface area contributed by atoms with E-state index in [1.165, 1.54) is 5.56 Å². The van der Waals surface area contributed by atoms with Gasteiger partial charge in [-0.2, -0.15) is 0 Å². The van der Waals surface area contributed by atoms with Crippen molar-refractivity contribution in [1.29, 1.82) is 0 Å². The number of hydrogen-bond acceptors (Lipinski definition) is 2. The molecule has 2 heteroatoms. The van der Waals surface area contributed by atoms with Crippen molar-refractivity contribution in [3.05, 3.63) is 35.9 Å². The summed E-state index contributed by atoms with van der Waals surface area (Å²) in [4.78, 5) is 0. The second-order valence-electron chi connectivity index (χ2n) is 4.22. The van der Waals surface area contributed by atoms with E-state index >= 15 is 0 Å². The zero-order valence-electron chi connectivity index (χ0n) is 9.86. The summed E-state index contributed by atoms with van der Waals surface area (Å²) in [7, 11) is 0. The van der Waals surface area contributed by atoms with Gasteiger partial charge in [-0.25, -0.2) is 0 Å². The molecule has 0 radical (unpaired) electrons. The Hall–Kier alpha value is -0.860. The molecule has 1 aromatic rings. The lowest BCUT2D eigenvalue weighted by Gasteiger charge is -2.16. The molecule has 15 heavy (non-hydrogen) atoms. The Bertz CT molecular complexity index is 258. The zero-order valence-corrected chi connectivity index (χ0v) is 9.86. The van der Waals surface area contributed by atoms with Gasteiger partial charge >= 0.3 is 0 Å². The molecule has 0 spiro atoms. The SMILES string of the molecule is CC(C)N[C@H](C)COCc1ccccc1. The highest BCUT2D eigenvalue weighted by atomic mass is 16.5. The molecule has 0 unspecified atom stereocenters. The van der Waals surface area contributed by atoms with Crippen LogP contribution in [0.1, 0.15) is 26.3 Å². The van der Waals surface area contributed by atoms with Gasteiger partial charge in [-0.1, -0.05) is 44.2 Å². The van der Waals surface area contributed by atoms with Crippen LogP contribution < -0.4 is 5.32 Å². The van der Waals surface area contributed by atoms with E-state index in [0.29, 0.717) is 18.7 Å². The van der Waals surface area contributed by atoms with E-state index in [0.717, 1.165) is 6.61 Å². The van der Waals surface area contributed by atoms with Crippen molar-refractivity contribution in [1.82, 2.24) is 5.32 Å². The predicted octanol–water partition coefficient (Wildman–Crippen LogP) is 2.59. The molecule has 1 rings (SSSR count). The van der Waals surface area contributed by atoms with Gasteiger partial charge in [-0.15, -0.1) is 0 Å². The van der Waals surface area contributed by atoms with E-state index in [1.807, 2.05) is 18.2 Å². The number of benzene rings is 1. The van der Waals surface area contributed by atoms with Crippen molar-refractivity contribution in [2.45, 2.75) is 39.5 Å². The van der Waals surface area contributed by atoms with Crippen LogP contribution in [0.5, 0.6) is 0 Å². The molecule has 0 saturated heterocycles. The minimum absolute atomic E-state index is 0.411. The third kappa shape index (κ3) is 5.55. The Balaban J connectivity index is 2.16. The molecule has 0 bridgehead atoms. The Morgan fingerprint density at radius 2 is 1.80 bits per heavy atom. The molecule has 0 amide bonds. The van der Waals surface area contributed by atoms with Gasteiger partial charge in [0.15, 0.2) is 0 Å². The van der Waals surface area contributed by atoms with E-state index in [4.69, 9.17) is 4.74 Å². The molecule has 0 aromatic heterocycles. The molecule has 0 aliphatic heterocycles. The largest absolute Gasteiger partial charge is 0.375 e.